The summed E-state index contributed by atoms with van der Waals surface area (Å²) in [5.41, 5.74) is 3.34. The molecule has 0 saturated carbocycles. The second-order valence-corrected chi connectivity index (χ2v) is 8.69. The Kier molecular flexibility index (Phi) is 8.25. The number of carbonyl (C=O) groups excluding carboxylic acids is 2. The van der Waals surface area contributed by atoms with Crippen LogP contribution in [0.4, 0.5) is 10.8 Å². The molecule has 2 aromatic rings. The summed E-state index contributed by atoms with van der Waals surface area (Å²) in [5, 5.41) is 14.9. The molecule has 0 radical (unpaired) electrons. The molecule has 1 heterocycles. The quantitative estimate of drug-likeness (QED) is 0.470. The van der Waals surface area contributed by atoms with Crippen molar-refractivity contribution < 1.29 is 14.3 Å². The zero-order valence-corrected chi connectivity index (χ0v) is 18.4. The molecule has 0 unspecified atom stereocenters. The van der Waals surface area contributed by atoms with Gasteiger partial charge in [-0.2, -0.15) is 0 Å². The molecular formula is C19H26N4O3S2. The number of carbonyl (C=O) groups is 2. The van der Waals surface area contributed by atoms with Crippen molar-refractivity contribution in [2.24, 2.45) is 5.92 Å². The Bertz CT molecular complexity index is 825. The van der Waals surface area contributed by atoms with Gasteiger partial charge in [-0.25, -0.2) is 4.79 Å². The van der Waals surface area contributed by atoms with E-state index in [0.717, 1.165) is 17.7 Å². The first kappa shape index (κ1) is 22.2. The Morgan fingerprint density at radius 3 is 2.71 bits per heavy atom. The van der Waals surface area contributed by atoms with Crippen molar-refractivity contribution >= 4 is 45.8 Å². The van der Waals surface area contributed by atoms with E-state index < -0.39 is 12.0 Å². The van der Waals surface area contributed by atoms with Crippen LogP contribution in [0.1, 0.15) is 31.4 Å². The molecule has 1 amide bonds. The first-order valence-electron chi connectivity index (χ1n) is 9.02. The summed E-state index contributed by atoms with van der Waals surface area (Å²) in [6, 6.07) is 5.40. The lowest BCUT2D eigenvalue weighted by Gasteiger charge is -2.21. The predicted molar refractivity (Wildman–Crippen MR) is 113 cm³/mol. The molecule has 1 aromatic heterocycles. The number of esters is 1. The fourth-order valence-corrected chi connectivity index (χ4v) is 4.03. The largest absolute Gasteiger partial charge is 0.467 e. The number of benzene rings is 1. The smallest absolute Gasteiger partial charge is 0.328 e. The van der Waals surface area contributed by atoms with Gasteiger partial charge in [0.25, 0.3) is 0 Å². The summed E-state index contributed by atoms with van der Waals surface area (Å²) in [5.74, 6) is -0.512. The zero-order valence-electron chi connectivity index (χ0n) is 16.7. The average Bonchev–Trinajstić information content (AvgIpc) is 3.14. The van der Waals surface area contributed by atoms with Gasteiger partial charge in [-0.15, -0.1) is 10.2 Å². The summed E-state index contributed by atoms with van der Waals surface area (Å²) in [6.07, 6.45) is 0.761. The van der Waals surface area contributed by atoms with Gasteiger partial charge in [0.1, 0.15) is 6.04 Å². The van der Waals surface area contributed by atoms with Gasteiger partial charge in [0.2, 0.25) is 11.0 Å². The van der Waals surface area contributed by atoms with Gasteiger partial charge in [-0.1, -0.05) is 55.5 Å². The van der Waals surface area contributed by atoms with E-state index in [1.807, 2.05) is 32.9 Å². The van der Waals surface area contributed by atoms with Crippen LogP contribution >= 0.6 is 23.1 Å². The van der Waals surface area contributed by atoms with Gasteiger partial charge in [0, 0.05) is 5.69 Å². The summed E-state index contributed by atoms with van der Waals surface area (Å²) in [7, 11) is 1.32. The highest BCUT2D eigenvalue weighted by Crippen LogP contribution is 2.29. The summed E-state index contributed by atoms with van der Waals surface area (Å²) < 4.78 is 5.47. The molecule has 2 atom stereocenters. The fraction of sp³-hybridized carbons (Fsp3) is 0.474. The van der Waals surface area contributed by atoms with Crippen molar-refractivity contribution in [3.8, 4) is 0 Å². The molecule has 0 fully saturated rings. The van der Waals surface area contributed by atoms with Crippen molar-refractivity contribution in [3.63, 3.8) is 0 Å². The van der Waals surface area contributed by atoms with E-state index in [4.69, 9.17) is 4.74 Å². The maximum atomic E-state index is 12.2. The molecule has 28 heavy (non-hydrogen) atoms. The van der Waals surface area contributed by atoms with Gasteiger partial charge in [-0.3, -0.25) is 4.79 Å². The van der Waals surface area contributed by atoms with Crippen LogP contribution in [0.25, 0.3) is 0 Å². The molecule has 0 bridgehead atoms. The van der Waals surface area contributed by atoms with Gasteiger partial charge in [0.05, 0.1) is 12.9 Å². The monoisotopic (exact) mass is 422 g/mol. The van der Waals surface area contributed by atoms with Crippen LogP contribution in [0.5, 0.6) is 0 Å². The molecule has 0 saturated heterocycles. The molecule has 9 heteroatoms. The molecule has 152 valence electrons. The van der Waals surface area contributed by atoms with E-state index >= 15 is 0 Å². The van der Waals surface area contributed by atoms with Gasteiger partial charge in [0.15, 0.2) is 4.34 Å². The predicted octanol–water partition coefficient (Wildman–Crippen LogP) is 3.69. The Hall–Kier alpha value is -2.13. The molecule has 1 aromatic carbocycles. The van der Waals surface area contributed by atoms with Crippen LogP contribution in [-0.4, -0.2) is 41.0 Å². The molecule has 0 aliphatic heterocycles. The van der Waals surface area contributed by atoms with E-state index in [1.54, 1.807) is 0 Å². The summed E-state index contributed by atoms with van der Waals surface area (Å²) in [6.45, 7) is 7.98. The van der Waals surface area contributed by atoms with E-state index in [9.17, 15) is 9.59 Å². The number of aryl methyl sites for hydroxylation is 1. The second-order valence-electron chi connectivity index (χ2n) is 6.49. The van der Waals surface area contributed by atoms with Crippen LogP contribution in [0, 0.1) is 19.8 Å². The second kappa shape index (κ2) is 10.4. The number of anilines is 2. The SMILES string of the molecule is CC[C@H](C)[C@@H](NC(=O)CSc1nnc(Nc2cccc(C)c2C)s1)C(=O)OC. The number of hydrogen-bond acceptors (Lipinski definition) is 8. The lowest BCUT2D eigenvalue weighted by atomic mass is 9.99. The van der Waals surface area contributed by atoms with E-state index in [1.165, 1.54) is 35.8 Å². The highest BCUT2D eigenvalue weighted by molar-refractivity contribution is 8.01. The number of ether oxygens (including phenoxy) is 1. The highest BCUT2D eigenvalue weighted by Gasteiger charge is 2.26. The molecular weight excluding hydrogens is 396 g/mol. The maximum absolute atomic E-state index is 12.2. The number of nitrogens with zero attached hydrogens (tertiary/aromatic N) is 2. The number of rotatable bonds is 9. The number of methoxy groups -OCH3 is 1. The van der Waals surface area contributed by atoms with Crippen LogP contribution < -0.4 is 10.6 Å². The number of nitrogens with one attached hydrogen (secondary N) is 2. The fourth-order valence-electron chi connectivity index (χ4n) is 2.46. The lowest BCUT2D eigenvalue weighted by molar-refractivity contribution is -0.146. The molecule has 0 aliphatic rings. The van der Waals surface area contributed by atoms with Crippen LogP contribution in [0.15, 0.2) is 22.5 Å². The van der Waals surface area contributed by atoms with E-state index in [2.05, 4.69) is 33.8 Å². The third-order valence-electron chi connectivity index (χ3n) is 4.56. The third-order valence-corrected chi connectivity index (χ3v) is 6.54. The maximum Gasteiger partial charge on any atom is 0.328 e. The Labute approximate surface area is 173 Å². The average molecular weight is 423 g/mol. The van der Waals surface area contributed by atoms with E-state index in [-0.39, 0.29) is 17.6 Å². The minimum absolute atomic E-state index is 0.00343. The molecule has 0 aliphatic carbocycles. The number of hydrogen-bond donors (Lipinski definition) is 2. The third kappa shape index (κ3) is 5.93. The summed E-state index contributed by atoms with van der Waals surface area (Å²) in [4.78, 5) is 24.1. The Morgan fingerprint density at radius 1 is 1.29 bits per heavy atom. The zero-order chi connectivity index (χ0) is 20.7. The van der Waals surface area contributed by atoms with Crippen molar-refractivity contribution in [1.82, 2.24) is 15.5 Å². The first-order chi connectivity index (χ1) is 13.3. The van der Waals surface area contributed by atoms with Crippen LogP contribution in [-0.2, 0) is 14.3 Å². The molecule has 2 rings (SSSR count). The molecule has 2 N–H and O–H groups in total. The van der Waals surface area contributed by atoms with E-state index in [0.29, 0.717) is 9.47 Å². The van der Waals surface area contributed by atoms with Gasteiger partial charge in [-0.05, 0) is 37.0 Å². The van der Waals surface area contributed by atoms with Crippen molar-refractivity contribution in [1.29, 1.82) is 0 Å². The lowest BCUT2D eigenvalue weighted by Crippen LogP contribution is -2.46. The normalized spacial score (nSPS) is 12.9. The van der Waals surface area contributed by atoms with Gasteiger partial charge < -0.3 is 15.4 Å². The number of thioether (sulfide) groups is 1. The highest BCUT2D eigenvalue weighted by atomic mass is 32.2. The van der Waals surface area contributed by atoms with Crippen molar-refractivity contribution in [3.05, 3.63) is 29.3 Å². The van der Waals surface area contributed by atoms with Crippen molar-refractivity contribution in [2.75, 3.05) is 18.2 Å². The number of aromatic nitrogens is 2. The molecule has 0 spiro atoms. The van der Waals surface area contributed by atoms with Gasteiger partial charge >= 0.3 is 5.97 Å². The standard InChI is InChI=1S/C19H26N4O3S2/c1-6-11(2)16(17(25)26-5)21-15(24)10-27-19-23-22-18(28-19)20-14-9-7-8-12(3)13(14)4/h7-9,11,16H,6,10H2,1-5H3,(H,20,22)(H,21,24)/t11-,16+/m0/s1. The summed E-state index contributed by atoms with van der Waals surface area (Å²) >= 11 is 2.67. The first-order valence-corrected chi connectivity index (χ1v) is 10.8. The Balaban J connectivity index is 1.92. The minimum atomic E-state index is -0.640. The Morgan fingerprint density at radius 2 is 2.04 bits per heavy atom. The minimum Gasteiger partial charge on any atom is -0.467 e. The van der Waals surface area contributed by atoms with Crippen molar-refractivity contribution in [2.45, 2.75) is 44.5 Å². The number of amides is 1. The molecule has 7 nitrogen and oxygen atoms in total. The van der Waals surface area contributed by atoms with Crippen LogP contribution in [0.2, 0.25) is 0 Å². The topological polar surface area (TPSA) is 93.2 Å². The van der Waals surface area contributed by atoms with Crippen LogP contribution in [0.3, 0.4) is 0 Å².